The number of hydrogen-bond acceptors (Lipinski definition) is 3. The summed E-state index contributed by atoms with van der Waals surface area (Å²) in [6.07, 6.45) is 1.66. The number of nitrogens with zero attached hydrogens (tertiary/aromatic N) is 2. The number of aromatic nitrogens is 1. The predicted octanol–water partition coefficient (Wildman–Crippen LogP) is 2.95. The molecule has 1 N–H and O–H groups in total. The highest BCUT2D eigenvalue weighted by Gasteiger charge is 2.16. The van der Waals surface area contributed by atoms with Crippen LogP contribution in [0.15, 0.2) is 12.3 Å². The average Bonchev–Trinajstić information content (AvgIpc) is 2.25. The Balaban J connectivity index is 2.92. The molecule has 0 atom stereocenters. The van der Waals surface area contributed by atoms with Gasteiger partial charge in [-0.25, -0.2) is 9.37 Å². The van der Waals surface area contributed by atoms with Crippen LogP contribution in [-0.2, 0) is 6.54 Å². The molecule has 0 aliphatic rings. The van der Waals surface area contributed by atoms with Crippen molar-refractivity contribution in [2.75, 3.05) is 11.9 Å². The molecular weight excluding hydrogens is 229 g/mol. The van der Waals surface area contributed by atoms with E-state index in [1.807, 2.05) is 25.8 Å². The summed E-state index contributed by atoms with van der Waals surface area (Å²) in [5, 5.41) is 3.29. The Bertz CT molecular complexity index is 397. The van der Waals surface area contributed by atoms with Crippen LogP contribution < -0.4 is 10.2 Å². The number of halogens is 1. The molecule has 18 heavy (non-hydrogen) atoms. The van der Waals surface area contributed by atoms with Crippen LogP contribution in [0.3, 0.4) is 0 Å². The van der Waals surface area contributed by atoms with E-state index in [2.05, 4.69) is 31.1 Å². The molecule has 0 aliphatic carbocycles. The second kappa shape index (κ2) is 5.65. The quantitative estimate of drug-likeness (QED) is 0.894. The van der Waals surface area contributed by atoms with Crippen LogP contribution in [0.25, 0.3) is 0 Å². The monoisotopic (exact) mass is 253 g/mol. The van der Waals surface area contributed by atoms with E-state index in [0.717, 1.165) is 0 Å². The van der Waals surface area contributed by atoms with Gasteiger partial charge in [0.2, 0.25) is 0 Å². The van der Waals surface area contributed by atoms with Crippen LogP contribution in [0.2, 0.25) is 0 Å². The highest BCUT2D eigenvalue weighted by molar-refractivity contribution is 5.43. The van der Waals surface area contributed by atoms with Crippen molar-refractivity contribution in [3.63, 3.8) is 0 Å². The maximum atomic E-state index is 14.3. The average molecular weight is 253 g/mol. The molecule has 0 saturated carbocycles. The van der Waals surface area contributed by atoms with Crippen LogP contribution in [-0.4, -0.2) is 23.6 Å². The summed E-state index contributed by atoms with van der Waals surface area (Å²) in [6, 6.07) is 1.95. The molecular formula is C14H24FN3. The Morgan fingerprint density at radius 3 is 2.50 bits per heavy atom. The number of nitrogens with one attached hydrogen (secondary N) is 1. The normalized spacial score (nSPS) is 12.0. The third kappa shape index (κ3) is 3.95. The summed E-state index contributed by atoms with van der Waals surface area (Å²) in [7, 11) is 1.86. The lowest BCUT2D eigenvalue weighted by molar-refractivity contribution is 0.418. The van der Waals surface area contributed by atoms with Gasteiger partial charge in [0.15, 0.2) is 11.6 Å². The molecule has 0 unspecified atom stereocenters. The van der Waals surface area contributed by atoms with Gasteiger partial charge in [0.05, 0.1) is 0 Å². The predicted molar refractivity (Wildman–Crippen MR) is 74.3 cm³/mol. The van der Waals surface area contributed by atoms with Crippen molar-refractivity contribution in [2.24, 2.45) is 0 Å². The van der Waals surface area contributed by atoms with Gasteiger partial charge in [-0.15, -0.1) is 0 Å². The summed E-state index contributed by atoms with van der Waals surface area (Å²) >= 11 is 0. The van der Waals surface area contributed by atoms with Crippen LogP contribution in [0.5, 0.6) is 0 Å². The van der Waals surface area contributed by atoms with Gasteiger partial charge in [-0.05, 0) is 40.7 Å². The standard InChI is InChI=1S/C14H24FN3/c1-10(2)18(6)13-12(15)11(7-8-16-13)9-17-14(3,4)5/h7-8,10,17H,9H2,1-6H3. The lowest BCUT2D eigenvalue weighted by Gasteiger charge is -2.25. The summed E-state index contributed by atoms with van der Waals surface area (Å²) in [4.78, 5) is 5.97. The molecule has 0 aromatic carbocycles. The Kier molecular flexibility index (Phi) is 4.68. The van der Waals surface area contributed by atoms with Gasteiger partial charge < -0.3 is 10.2 Å². The molecule has 0 spiro atoms. The number of hydrogen-bond donors (Lipinski definition) is 1. The summed E-state index contributed by atoms with van der Waals surface area (Å²) in [5.41, 5.74) is 0.627. The minimum Gasteiger partial charge on any atom is -0.355 e. The summed E-state index contributed by atoms with van der Waals surface area (Å²) in [5.74, 6) is 0.184. The van der Waals surface area contributed by atoms with Crippen LogP contribution in [0.4, 0.5) is 10.2 Å². The van der Waals surface area contributed by atoms with E-state index in [1.54, 1.807) is 12.3 Å². The van der Waals surface area contributed by atoms with Crippen molar-refractivity contribution in [3.8, 4) is 0 Å². The minimum absolute atomic E-state index is 0.0280. The molecule has 3 nitrogen and oxygen atoms in total. The molecule has 1 heterocycles. The zero-order valence-corrected chi connectivity index (χ0v) is 12.2. The van der Waals surface area contributed by atoms with Crippen LogP contribution in [0.1, 0.15) is 40.2 Å². The van der Waals surface area contributed by atoms with Gasteiger partial charge >= 0.3 is 0 Å². The molecule has 102 valence electrons. The molecule has 1 rings (SSSR count). The number of rotatable bonds is 4. The van der Waals surface area contributed by atoms with Crippen molar-refractivity contribution >= 4 is 5.82 Å². The largest absolute Gasteiger partial charge is 0.355 e. The number of anilines is 1. The Hall–Kier alpha value is -1.16. The van der Waals surface area contributed by atoms with Gasteiger partial charge in [-0.1, -0.05) is 0 Å². The van der Waals surface area contributed by atoms with E-state index in [9.17, 15) is 4.39 Å². The topological polar surface area (TPSA) is 28.2 Å². The first-order chi connectivity index (χ1) is 8.22. The highest BCUT2D eigenvalue weighted by atomic mass is 19.1. The fourth-order valence-corrected chi connectivity index (χ4v) is 1.46. The van der Waals surface area contributed by atoms with Gasteiger partial charge in [0.1, 0.15) is 0 Å². The molecule has 0 amide bonds. The van der Waals surface area contributed by atoms with E-state index in [-0.39, 0.29) is 17.4 Å². The first-order valence-corrected chi connectivity index (χ1v) is 6.33. The van der Waals surface area contributed by atoms with E-state index >= 15 is 0 Å². The fraction of sp³-hybridized carbons (Fsp3) is 0.643. The molecule has 0 fully saturated rings. The maximum Gasteiger partial charge on any atom is 0.170 e. The molecule has 1 aromatic heterocycles. The molecule has 0 radical (unpaired) electrons. The summed E-state index contributed by atoms with van der Waals surface area (Å²) in [6.45, 7) is 10.7. The van der Waals surface area contributed by atoms with Gasteiger partial charge in [-0.3, -0.25) is 0 Å². The molecule has 4 heteroatoms. The van der Waals surface area contributed by atoms with Crippen molar-refractivity contribution in [3.05, 3.63) is 23.6 Å². The zero-order chi connectivity index (χ0) is 13.9. The number of pyridine rings is 1. The maximum absolute atomic E-state index is 14.3. The Labute approximate surface area is 109 Å². The van der Waals surface area contributed by atoms with Gasteiger partial charge in [0.25, 0.3) is 0 Å². The van der Waals surface area contributed by atoms with Crippen molar-refractivity contribution in [2.45, 2.75) is 52.7 Å². The van der Waals surface area contributed by atoms with Crippen molar-refractivity contribution < 1.29 is 4.39 Å². The Morgan fingerprint density at radius 1 is 1.39 bits per heavy atom. The second-order valence-electron chi connectivity index (χ2n) is 5.92. The Morgan fingerprint density at radius 2 is 2.00 bits per heavy atom. The third-order valence-corrected chi connectivity index (χ3v) is 2.87. The van der Waals surface area contributed by atoms with E-state index in [1.165, 1.54) is 0 Å². The van der Waals surface area contributed by atoms with Gasteiger partial charge in [0, 0.05) is 36.9 Å². The van der Waals surface area contributed by atoms with Gasteiger partial charge in [-0.2, -0.15) is 0 Å². The SMILES string of the molecule is CC(C)N(C)c1nccc(CNC(C)(C)C)c1F. The van der Waals surface area contributed by atoms with Crippen LogP contribution in [0, 0.1) is 5.82 Å². The van der Waals surface area contributed by atoms with Crippen LogP contribution >= 0.6 is 0 Å². The van der Waals surface area contributed by atoms with E-state index < -0.39 is 0 Å². The molecule has 1 aromatic rings. The lowest BCUT2D eigenvalue weighted by Crippen LogP contribution is -2.35. The van der Waals surface area contributed by atoms with E-state index in [0.29, 0.717) is 17.9 Å². The molecule has 0 bridgehead atoms. The van der Waals surface area contributed by atoms with E-state index in [4.69, 9.17) is 0 Å². The molecule has 0 saturated heterocycles. The minimum atomic E-state index is -0.231. The highest BCUT2D eigenvalue weighted by Crippen LogP contribution is 2.20. The van der Waals surface area contributed by atoms with Crippen molar-refractivity contribution in [1.82, 2.24) is 10.3 Å². The zero-order valence-electron chi connectivity index (χ0n) is 12.2. The molecule has 0 aliphatic heterocycles. The lowest BCUT2D eigenvalue weighted by atomic mass is 10.1. The third-order valence-electron chi connectivity index (χ3n) is 2.87. The van der Waals surface area contributed by atoms with Crippen molar-refractivity contribution in [1.29, 1.82) is 0 Å². The fourth-order valence-electron chi connectivity index (χ4n) is 1.46. The first kappa shape index (κ1) is 14.9. The second-order valence-corrected chi connectivity index (χ2v) is 5.92. The smallest absolute Gasteiger partial charge is 0.170 e. The summed E-state index contributed by atoms with van der Waals surface area (Å²) < 4.78 is 14.3. The first-order valence-electron chi connectivity index (χ1n) is 6.33.